The Kier molecular flexibility index (Phi) is 5.10. The summed E-state index contributed by atoms with van der Waals surface area (Å²) in [4.78, 5) is 33.9. The van der Waals surface area contributed by atoms with Crippen LogP contribution in [0.1, 0.15) is 39.4 Å². The van der Waals surface area contributed by atoms with Gasteiger partial charge in [0.25, 0.3) is 11.8 Å². The molecule has 3 N–H and O–H groups in total. The molecule has 0 radical (unpaired) electrons. The van der Waals surface area contributed by atoms with Gasteiger partial charge in [-0.05, 0) is 37.3 Å². The quantitative estimate of drug-likeness (QED) is 0.448. The van der Waals surface area contributed by atoms with Crippen LogP contribution in [0.4, 0.5) is 5.13 Å². The molecule has 2 fully saturated rings. The van der Waals surface area contributed by atoms with Gasteiger partial charge in [-0.25, -0.2) is 4.98 Å². The van der Waals surface area contributed by atoms with Gasteiger partial charge in [0, 0.05) is 25.0 Å². The maximum atomic E-state index is 13.8. The monoisotopic (exact) mass is 486 g/mol. The smallest absolute Gasteiger partial charge is 0.274 e. The Labute approximate surface area is 206 Å². The number of para-hydroxylation sites is 1. The van der Waals surface area contributed by atoms with Crippen LogP contribution < -0.4 is 11.1 Å². The van der Waals surface area contributed by atoms with Gasteiger partial charge in [0.05, 0.1) is 16.4 Å². The first-order valence-electron chi connectivity index (χ1n) is 11.8. The molecule has 0 unspecified atom stereocenters. The number of nitrogens with zero attached hydrogens (tertiary/aromatic N) is 4. The van der Waals surface area contributed by atoms with E-state index in [1.807, 2.05) is 67.4 Å². The number of aromatic nitrogens is 3. The first-order chi connectivity index (χ1) is 16.9. The topological polar surface area (TPSA) is 106 Å². The van der Waals surface area contributed by atoms with Crippen LogP contribution in [-0.4, -0.2) is 50.1 Å². The first kappa shape index (κ1) is 21.8. The number of anilines is 1. The third kappa shape index (κ3) is 3.76. The van der Waals surface area contributed by atoms with Crippen molar-refractivity contribution in [3.8, 4) is 10.4 Å². The van der Waals surface area contributed by atoms with Gasteiger partial charge in [0.2, 0.25) is 0 Å². The molecular formula is C26H26N6O2S. The van der Waals surface area contributed by atoms with E-state index in [1.54, 1.807) is 4.68 Å². The largest absolute Gasteiger partial charge is 0.375 e. The predicted molar refractivity (Wildman–Crippen MR) is 136 cm³/mol. The molecular weight excluding hydrogens is 460 g/mol. The maximum Gasteiger partial charge on any atom is 0.274 e. The van der Waals surface area contributed by atoms with Crippen molar-refractivity contribution in [3.63, 3.8) is 0 Å². The number of benzene rings is 2. The van der Waals surface area contributed by atoms with Crippen LogP contribution in [0, 0.1) is 12.8 Å². The zero-order valence-corrected chi connectivity index (χ0v) is 20.4. The fourth-order valence-electron chi connectivity index (χ4n) is 5.32. The highest BCUT2D eigenvalue weighted by molar-refractivity contribution is 7.19. The number of fused-ring (bicyclic) bond motifs is 2. The number of rotatable bonds is 5. The lowest BCUT2D eigenvalue weighted by molar-refractivity contribution is 0.0684. The van der Waals surface area contributed by atoms with Gasteiger partial charge in [0.1, 0.15) is 5.69 Å². The summed E-state index contributed by atoms with van der Waals surface area (Å²) >= 11 is 1.34. The third-order valence-electron chi connectivity index (χ3n) is 7.04. The minimum atomic E-state index is -0.229. The van der Waals surface area contributed by atoms with Gasteiger partial charge in [-0.2, -0.15) is 5.10 Å². The summed E-state index contributed by atoms with van der Waals surface area (Å²) in [5, 5.41) is 8.64. The molecule has 2 aliphatic rings. The predicted octanol–water partition coefficient (Wildman–Crippen LogP) is 3.62. The average molecular weight is 487 g/mol. The van der Waals surface area contributed by atoms with E-state index in [2.05, 4.69) is 15.4 Å². The normalized spacial score (nSPS) is 20.7. The zero-order chi connectivity index (χ0) is 24.3. The van der Waals surface area contributed by atoms with Crippen LogP contribution in [0.3, 0.4) is 0 Å². The number of amides is 2. The molecule has 3 atom stereocenters. The second-order valence-electron chi connectivity index (χ2n) is 9.46. The number of likely N-dealkylation sites (tertiary alicyclic amines) is 1. The van der Waals surface area contributed by atoms with Crippen molar-refractivity contribution in [1.29, 1.82) is 0 Å². The molecule has 6 rings (SSSR count). The molecule has 178 valence electrons. The van der Waals surface area contributed by atoms with Crippen molar-refractivity contribution in [2.75, 3.05) is 12.3 Å². The lowest BCUT2D eigenvalue weighted by Gasteiger charge is -2.27. The molecule has 3 heterocycles. The van der Waals surface area contributed by atoms with Crippen molar-refractivity contribution in [2.24, 2.45) is 13.0 Å². The van der Waals surface area contributed by atoms with Gasteiger partial charge >= 0.3 is 0 Å². The average Bonchev–Trinajstić information content (AvgIpc) is 3.18. The van der Waals surface area contributed by atoms with Crippen molar-refractivity contribution in [3.05, 3.63) is 65.5 Å². The van der Waals surface area contributed by atoms with E-state index in [9.17, 15) is 9.59 Å². The standard InChI is InChI=1S/C26H26N6O2S/c1-14-6-5-7-15(10-14)23-22(29-26(27)35-23)25(34)32-17(11-16-12-20(16)32)13-28-24(33)21-18-8-3-4-9-19(18)31(2)30-21/h3-10,16-17,20H,11-13H2,1-2H3,(H2,27,29)(H,28,33)/t16-,17+,20+/m1/s1. The van der Waals surface area contributed by atoms with Crippen molar-refractivity contribution in [1.82, 2.24) is 25.0 Å². The van der Waals surface area contributed by atoms with E-state index < -0.39 is 0 Å². The van der Waals surface area contributed by atoms with Gasteiger partial charge in [-0.1, -0.05) is 59.4 Å². The summed E-state index contributed by atoms with van der Waals surface area (Å²) in [6.45, 7) is 2.40. The number of nitrogens with two attached hydrogens (primary N) is 1. The third-order valence-corrected chi connectivity index (χ3v) is 7.98. The van der Waals surface area contributed by atoms with Crippen molar-refractivity contribution in [2.45, 2.75) is 31.8 Å². The summed E-state index contributed by atoms with van der Waals surface area (Å²) in [6, 6.07) is 15.8. The number of nitrogens with one attached hydrogen (secondary N) is 1. The van der Waals surface area contributed by atoms with E-state index >= 15 is 0 Å². The fourth-order valence-corrected chi connectivity index (χ4v) is 6.14. The number of piperidine rings is 1. The molecule has 1 saturated heterocycles. The number of nitrogen functional groups attached to an aromatic ring is 1. The minimum Gasteiger partial charge on any atom is -0.375 e. The van der Waals surface area contributed by atoms with Crippen LogP contribution in [0.25, 0.3) is 21.3 Å². The van der Waals surface area contributed by atoms with E-state index in [1.165, 1.54) is 11.3 Å². The molecule has 1 aliphatic carbocycles. The Morgan fingerprint density at radius 1 is 1.14 bits per heavy atom. The zero-order valence-electron chi connectivity index (χ0n) is 19.6. The van der Waals surface area contributed by atoms with Crippen LogP contribution >= 0.6 is 11.3 Å². The highest BCUT2D eigenvalue weighted by Crippen LogP contribution is 2.49. The summed E-state index contributed by atoms with van der Waals surface area (Å²) < 4.78 is 1.71. The van der Waals surface area contributed by atoms with E-state index in [4.69, 9.17) is 5.73 Å². The summed E-state index contributed by atoms with van der Waals surface area (Å²) in [7, 11) is 1.83. The van der Waals surface area contributed by atoms with E-state index in [-0.39, 0.29) is 23.9 Å². The Morgan fingerprint density at radius 2 is 1.97 bits per heavy atom. The highest BCUT2D eigenvalue weighted by Gasteiger charge is 2.54. The van der Waals surface area contributed by atoms with Crippen molar-refractivity contribution < 1.29 is 9.59 Å². The second kappa shape index (κ2) is 8.20. The lowest BCUT2D eigenvalue weighted by atomic mass is 10.1. The minimum absolute atomic E-state index is 0.0848. The van der Waals surface area contributed by atoms with Crippen LogP contribution in [0.2, 0.25) is 0 Å². The van der Waals surface area contributed by atoms with E-state index in [0.717, 1.165) is 39.7 Å². The lowest BCUT2D eigenvalue weighted by Crippen LogP contribution is -2.45. The first-order valence-corrected chi connectivity index (χ1v) is 12.6. The molecule has 4 aromatic rings. The van der Waals surface area contributed by atoms with Crippen LogP contribution in [-0.2, 0) is 7.05 Å². The number of thiazole rings is 1. The highest BCUT2D eigenvalue weighted by atomic mass is 32.1. The molecule has 2 aromatic heterocycles. The number of carbonyl (C=O) groups excluding carboxylic acids is 2. The Bertz CT molecular complexity index is 1470. The molecule has 2 amide bonds. The second-order valence-corrected chi connectivity index (χ2v) is 10.5. The SMILES string of the molecule is Cc1cccc(-c2sc(N)nc2C(=O)N2[C@H](CNC(=O)c3nn(C)c4ccccc34)C[C@@H]3C[C@@H]32)c1. The molecule has 1 saturated carbocycles. The molecule has 35 heavy (non-hydrogen) atoms. The van der Waals surface area contributed by atoms with Gasteiger partial charge in [-0.3, -0.25) is 14.3 Å². The molecule has 8 nitrogen and oxygen atoms in total. The maximum absolute atomic E-state index is 13.8. The summed E-state index contributed by atoms with van der Waals surface area (Å²) in [5.74, 6) is 0.144. The van der Waals surface area contributed by atoms with Crippen molar-refractivity contribution >= 4 is 39.2 Å². The fraction of sp³-hybridized carbons (Fsp3) is 0.308. The van der Waals surface area contributed by atoms with Crippen LogP contribution in [0.15, 0.2) is 48.5 Å². The number of carbonyl (C=O) groups is 2. The number of hydrogen-bond acceptors (Lipinski definition) is 6. The molecule has 1 aliphatic heterocycles. The summed E-state index contributed by atoms with van der Waals surface area (Å²) in [5.41, 5.74) is 9.81. The summed E-state index contributed by atoms with van der Waals surface area (Å²) in [6.07, 6.45) is 1.87. The molecule has 0 spiro atoms. The van der Waals surface area contributed by atoms with Gasteiger partial charge in [0.15, 0.2) is 10.8 Å². The Morgan fingerprint density at radius 3 is 2.80 bits per heavy atom. The Balaban J connectivity index is 1.23. The number of aryl methyl sites for hydroxylation is 2. The van der Waals surface area contributed by atoms with Gasteiger partial charge < -0.3 is 16.0 Å². The van der Waals surface area contributed by atoms with Crippen LogP contribution in [0.5, 0.6) is 0 Å². The Hall–Kier alpha value is -3.72. The number of hydrogen-bond donors (Lipinski definition) is 2. The molecule has 0 bridgehead atoms. The molecule has 9 heteroatoms. The van der Waals surface area contributed by atoms with E-state index in [0.29, 0.717) is 29.0 Å². The molecule has 2 aromatic carbocycles. The van der Waals surface area contributed by atoms with Gasteiger partial charge in [-0.15, -0.1) is 0 Å².